The first-order chi connectivity index (χ1) is 8.56. The summed E-state index contributed by atoms with van der Waals surface area (Å²) in [7, 11) is 0. The van der Waals surface area contributed by atoms with Crippen molar-refractivity contribution in [1.29, 1.82) is 0 Å². The molecule has 0 aliphatic heterocycles. The minimum Gasteiger partial charge on any atom is -0.392 e. The van der Waals surface area contributed by atoms with Crippen LogP contribution in [0.1, 0.15) is 32.3 Å². The number of nitrogens with one attached hydrogen (secondary N) is 1. The van der Waals surface area contributed by atoms with Gasteiger partial charge in [-0.2, -0.15) is 0 Å². The third-order valence-electron chi connectivity index (χ3n) is 3.17. The van der Waals surface area contributed by atoms with Crippen LogP contribution in [0.4, 0.5) is 0 Å². The SMILES string of the molecule is CC(O)C(C)Sc1ccc(Br)cc1CNC1CC1. The van der Waals surface area contributed by atoms with E-state index in [2.05, 4.69) is 46.4 Å². The van der Waals surface area contributed by atoms with Gasteiger partial charge < -0.3 is 10.4 Å². The van der Waals surface area contributed by atoms with Gasteiger partial charge in [-0.05, 0) is 43.5 Å². The highest BCUT2D eigenvalue weighted by Crippen LogP contribution is 2.31. The molecule has 0 saturated heterocycles. The molecule has 0 amide bonds. The van der Waals surface area contributed by atoms with E-state index in [1.54, 1.807) is 11.8 Å². The van der Waals surface area contributed by atoms with Gasteiger partial charge >= 0.3 is 0 Å². The highest BCUT2D eigenvalue weighted by Gasteiger charge is 2.21. The van der Waals surface area contributed by atoms with Gasteiger partial charge in [-0.3, -0.25) is 0 Å². The Kier molecular flexibility index (Phi) is 5.13. The Hall–Kier alpha value is -0.0300. The van der Waals surface area contributed by atoms with E-state index in [4.69, 9.17) is 0 Å². The molecule has 2 nitrogen and oxygen atoms in total. The summed E-state index contributed by atoms with van der Waals surface area (Å²) in [5.74, 6) is 0. The van der Waals surface area contributed by atoms with Crippen LogP contribution < -0.4 is 5.32 Å². The zero-order chi connectivity index (χ0) is 13.1. The van der Waals surface area contributed by atoms with Crippen LogP contribution in [0.2, 0.25) is 0 Å². The van der Waals surface area contributed by atoms with Gasteiger partial charge in [0.05, 0.1) is 6.10 Å². The largest absolute Gasteiger partial charge is 0.392 e. The molecule has 18 heavy (non-hydrogen) atoms. The Bertz CT molecular complexity index is 407. The minimum atomic E-state index is -0.289. The average Bonchev–Trinajstić information content (AvgIpc) is 3.13. The number of rotatable bonds is 6. The first kappa shape index (κ1) is 14.4. The predicted molar refractivity (Wildman–Crippen MR) is 81.0 cm³/mol. The molecule has 2 N–H and O–H groups in total. The molecular weight excluding hydrogens is 310 g/mol. The third-order valence-corrected chi connectivity index (χ3v) is 5.08. The molecule has 4 heteroatoms. The van der Waals surface area contributed by atoms with Gasteiger partial charge in [-0.25, -0.2) is 0 Å². The van der Waals surface area contributed by atoms with Crippen LogP contribution in [-0.4, -0.2) is 22.5 Å². The molecule has 1 aromatic rings. The Morgan fingerprint density at radius 1 is 1.44 bits per heavy atom. The Morgan fingerprint density at radius 3 is 2.78 bits per heavy atom. The zero-order valence-electron chi connectivity index (χ0n) is 10.8. The molecule has 0 aromatic heterocycles. The van der Waals surface area contributed by atoms with Crippen molar-refractivity contribution >= 4 is 27.7 Å². The molecule has 0 spiro atoms. The van der Waals surface area contributed by atoms with Crippen molar-refractivity contribution in [2.24, 2.45) is 0 Å². The molecule has 0 heterocycles. The van der Waals surface area contributed by atoms with Crippen molar-refractivity contribution < 1.29 is 5.11 Å². The molecule has 1 aromatic carbocycles. The maximum Gasteiger partial charge on any atom is 0.0631 e. The second-order valence-corrected chi connectivity index (χ2v) is 7.31. The predicted octanol–water partition coefficient (Wildman–Crippen LogP) is 3.56. The van der Waals surface area contributed by atoms with Crippen LogP contribution in [0, 0.1) is 0 Å². The van der Waals surface area contributed by atoms with Gasteiger partial charge in [-0.15, -0.1) is 11.8 Å². The van der Waals surface area contributed by atoms with Crippen molar-refractivity contribution in [3.05, 3.63) is 28.2 Å². The highest BCUT2D eigenvalue weighted by atomic mass is 79.9. The molecule has 1 fully saturated rings. The van der Waals surface area contributed by atoms with Gasteiger partial charge in [0.15, 0.2) is 0 Å². The molecular formula is C14H20BrNOS. The first-order valence-corrected chi connectivity index (χ1v) is 8.10. The van der Waals surface area contributed by atoms with Gasteiger partial charge in [0, 0.05) is 27.2 Å². The number of thioether (sulfide) groups is 1. The fraction of sp³-hybridized carbons (Fsp3) is 0.571. The normalized spacial score (nSPS) is 18.7. The second-order valence-electron chi connectivity index (χ2n) is 4.97. The van der Waals surface area contributed by atoms with E-state index in [0.717, 1.165) is 17.1 Å². The van der Waals surface area contributed by atoms with Crippen LogP contribution in [-0.2, 0) is 6.54 Å². The first-order valence-electron chi connectivity index (χ1n) is 6.43. The standard InChI is InChI=1S/C14H20BrNOS/c1-9(17)10(2)18-14-6-3-12(15)7-11(14)8-16-13-4-5-13/h3,6-7,9-10,13,16-17H,4-5,8H2,1-2H3. The van der Waals surface area contributed by atoms with Crippen LogP contribution in [0.3, 0.4) is 0 Å². The molecule has 2 unspecified atom stereocenters. The smallest absolute Gasteiger partial charge is 0.0631 e. The van der Waals surface area contributed by atoms with E-state index in [0.29, 0.717) is 0 Å². The number of halogens is 1. The lowest BCUT2D eigenvalue weighted by molar-refractivity contribution is 0.196. The maximum atomic E-state index is 9.61. The zero-order valence-corrected chi connectivity index (χ0v) is 13.2. The number of hydrogen-bond acceptors (Lipinski definition) is 3. The minimum absolute atomic E-state index is 0.214. The van der Waals surface area contributed by atoms with Crippen molar-refractivity contribution in [2.45, 2.75) is 55.5 Å². The number of hydrogen-bond donors (Lipinski definition) is 2. The van der Waals surface area contributed by atoms with Crippen molar-refractivity contribution in [3.63, 3.8) is 0 Å². The summed E-state index contributed by atoms with van der Waals surface area (Å²) in [5.41, 5.74) is 1.31. The quantitative estimate of drug-likeness (QED) is 0.782. The molecule has 1 aliphatic rings. The lowest BCUT2D eigenvalue weighted by atomic mass is 10.2. The van der Waals surface area contributed by atoms with E-state index in [1.807, 2.05) is 6.92 Å². The van der Waals surface area contributed by atoms with E-state index in [1.165, 1.54) is 23.3 Å². The molecule has 1 aliphatic carbocycles. The summed E-state index contributed by atoms with van der Waals surface area (Å²) in [6.45, 7) is 4.83. The Balaban J connectivity index is 2.06. The third kappa shape index (κ3) is 4.26. The summed E-state index contributed by atoms with van der Waals surface area (Å²) in [5, 5.41) is 13.4. The van der Waals surface area contributed by atoms with Gasteiger partial charge in [0.2, 0.25) is 0 Å². The Morgan fingerprint density at radius 2 is 2.17 bits per heavy atom. The maximum absolute atomic E-state index is 9.61. The van der Waals surface area contributed by atoms with Crippen LogP contribution in [0.25, 0.3) is 0 Å². The second kappa shape index (κ2) is 6.42. The van der Waals surface area contributed by atoms with E-state index >= 15 is 0 Å². The fourth-order valence-corrected chi connectivity index (χ4v) is 3.08. The van der Waals surface area contributed by atoms with Crippen molar-refractivity contribution in [2.75, 3.05) is 0 Å². The molecule has 1 saturated carbocycles. The number of benzene rings is 1. The van der Waals surface area contributed by atoms with Crippen molar-refractivity contribution in [1.82, 2.24) is 5.32 Å². The Labute approximate surface area is 122 Å². The lowest BCUT2D eigenvalue weighted by Crippen LogP contribution is -2.18. The fourth-order valence-electron chi connectivity index (χ4n) is 1.64. The van der Waals surface area contributed by atoms with E-state index in [-0.39, 0.29) is 11.4 Å². The lowest BCUT2D eigenvalue weighted by Gasteiger charge is -2.17. The summed E-state index contributed by atoms with van der Waals surface area (Å²) >= 11 is 5.28. The van der Waals surface area contributed by atoms with Crippen LogP contribution >= 0.6 is 27.7 Å². The summed E-state index contributed by atoms with van der Waals surface area (Å²) in [4.78, 5) is 1.26. The molecule has 0 bridgehead atoms. The van der Waals surface area contributed by atoms with E-state index < -0.39 is 0 Å². The van der Waals surface area contributed by atoms with Crippen molar-refractivity contribution in [3.8, 4) is 0 Å². The number of aliphatic hydroxyl groups is 1. The van der Waals surface area contributed by atoms with Crippen LogP contribution in [0.5, 0.6) is 0 Å². The average molecular weight is 330 g/mol. The van der Waals surface area contributed by atoms with Crippen LogP contribution in [0.15, 0.2) is 27.6 Å². The topological polar surface area (TPSA) is 32.3 Å². The summed E-state index contributed by atoms with van der Waals surface area (Å²) < 4.78 is 1.11. The molecule has 2 atom stereocenters. The summed E-state index contributed by atoms with van der Waals surface area (Å²) in [6.07, 6.45) is 2.32. The molecule has 0 radical (unpaired) electrons. The monoisotopic (exact) mass is 329 g/mol. The van der Waals surface area contributed by atoms with Gasteiger partial charge in [0.25, 0.3) is 0 Å². The number of aliphatic hydroxyl groups excluding tert-OH is 1. The molecule has 100 valence electrons. The van der Waals surface area contributed by atoms with E-state index in [9.17, 15) is 5.11 Å². The highest BCUT2D eigenvalue weighted by molar-refractivity contribution is 9.10. The summed E-state index contributed by atoms with van der Waals surface area (Å²) in [6, 6.07) is 7.10. The molecule has 2 rings (SSSR count). The van der Waals surface area contributed by atoms with Gasteiger partial charge in [0.1, 0.15) is 0 Å². The van der Waals surface area contributed by atoms with Gasteiger partial charge in [-0.1, -0.05) is 22.9 Å².